The fourth-order valence-corrected chi connectivity index (χ4v) is 6.75. The molecule has 3 heteroatoms. The van der Waals surface area contributed by atoms with Gasteiger partial charge in [0, 0.05) is 28.6 Å². The Balaban J connectivity index is 1.16. The first-order chi connectivity index (χ1) is 24.3. The Morgan fingerprint density at radius 1 is 0.347 bits per heavy atom. The van der Waals surface area contributed by atoms with Crippen LogP contribution in [0.3, 0.4) is 0 Å². The molecule has 0 unspecified atom stereocenters. The van der Waals surface area contributed by atoms with Crippen LogP contribution >= 0.6 is 0 Å². The highest BCUT2D eigenvalue weighted by Crippen LogP contribution is 2.36. The molecule has 230 valence electrons. The van der Waals surface area contributed by atoms with Crippen LogP contribution in [0.15, 0.2) is 182 Å². The molecular weight excluding hydrogens is 595 g/mol. The number of fused-ring (bicyclic) bond motifs is 3. The van der Waals surface area contributed by atoms with Crippen LogP contribution < -0.4 is 0 Å². The average molecular weight is 626 g/mol. The van der Waals surface area contributed by atoms with Crippen molar-refractivity contribution in [2.24, 2.45) is 0 Å². The summed E-state index contributed by atoms with van der Waals surface area (Å²) in [5.74, 6) is 0.713. The minimum atomic E-state index is 0.713. The van der Waals surface area contributed by atoms with Crippen molar-refractivity contribution in [3.8, 4) is 67.4 Å². The van der Waals surface area contributed by atoms with Crippen molar-refractivity contribution >= 4 is 21.5 Å². The lowest BCUT2D eigenvalue weighted by Gasteiger charge is -2.13. The maximum Gasteiger partial charge on any atom is 0.161 e. The summed E-state index contributed by atoms with van der Waals surface area (Å²) in [6, 6.07) is 62.1. The molecule has 2 aromatic heterocycles. The molecule has 0 bridgehead atoms. The molecule has 0 aliphatic heterocycles. The Labute approximate surface area is 285 Å². The van der Waals surface area contributed by atoms with E-state index in [-0.39, 0.29) is 0 Å². The van der Waals surface area contributed by atoms with Crippen LogP contribution in [-0.4, -0.2) is 15.0 Å². The second-order valence-corrected chi connectivity index (χ2v) is 12.3. The van der Waals surface area contributed by atoms with E-state index in [4.69, 9.17) is 9.97 Å². The van der Waals surface area contributed by atoms with Crippen LogP contribution in [0.1, 0.15) is 0 Å². The molecule has 0 aliphatic rings. The molecule has 3 nitrogen and oxygen atoms in total. The number of hydrogen-bond donors (Lipinski definition) is 1. The van der Waals surface area contributed by atoms with Gasteiger partial charge < -0.3 is 4.98 Å². The lowest BCUT2D eigenvalue weighted by molar-refractivity contribution is 1.19. The zero-order valence-electron chi connectivity index (χ0n) is 26.7. The Bertz CT molecular complexity index is 2550. The van der Waals surface area contributed by atoms with E-state index in [2.05, 4.69) is 169 Å². The Kier molecular flexibility index (Phi) is 7.14. The monoisotopic (exact) mass is 625 g/mol. The minimum Gasteiger partial charge on any atom is -0.361 e. The summed E-state index contributed by atoms with van der Waals surface area (Å²) in [7, 11) is 0. The summed E-state index contributed by atoms with van der Waals surface area (Å²) in [5, 5.41) is 4.74. The molecule has 0 saturated heterocycles. The molecule has 0 spiro atoms. The van der Waals surface area contributed by atoms with E-state index in [1.807, 2.05) is 18.3 Å². The lowest BCUT2D eigenvalue weighted by Crippen LogP contribution is -1.97. The third-order valence-corrected chi connectivity index (χ3v) is 9.33. The van der Waals surface area contributed by atoms with Crippen LogP contribution in [-0.2, 0) is 0 Å². The molecule has 0 radical (unpaired) electrons. The van der Waals surface area contributed by atoms with Crippen LogP contribution in [0.5, 0.6) is 0 Å². The number of nitrogens with one attached hydrogen (secondary N) is 1. The van der Waals surface area contributed by atoms with Crippen molar-refractivity contribution in [2.45, 2.75) is 0 Å². The first-order valence-corrected chi connectivity index (χ1v) is 16.6. The van der Waals surface area contributed by atoms with Crippen molar-refractivity contribution in [1.29, 1.82) is 0 Å². The van der Waals surface area contributed by atoms with E-state index in [0.29, 0.717) is 5.82 Å². The highest BCUT2D eigenvalue weighted by atomic mass is 14.9. The van der Waals surface area contributed by atoms with Crippen LogP contribution in [0.25, 0.3) is 89.0 Å². The molecule has 49 heavy (non-hydrogen) atoms. The van der Waals surface area contributed by atoms with Gasteiger partial charge in [-0.2, -0.15) is 0 Å². The predicted molar refractivity (Wildman–Crippen MR) is 204 cm³/mol. The predicted octanol–water partition coefficient (Wildman–Crippen LogP) is 12.1. The second-order valence-electron chi connectivity index (χ2n) is 12.3. The van der Waals surface area contributed by atoms with Gasteiger partial charge >= 0.3 is 0 Å². The number of H-pyrrole nitrogens is 1. The summed E-state index contributed by atoms with van der Waals surface area (Å²) in [4.78, 5) is 13.8. The zero-order chi connectivity index (χ0) is 32.6. The minimum absolute atomic E-state index is 0.713. The number of aromatic nitrogens is 3. The van der Waals surface area contributed by atoms with Crippen LogP contribution in [0.4, 0.5) is 0 Å². The van der Waals surface area contributed by atoms with Crippen molar-refractivity contribution in [3.05, 3.63) is 182 Å². The summed E-state index contributed by atoms with van der Waals surface area (Å²) in [6.45, 7) is 0. The van der Waals surface area contributed by atoms with Gasteiger partial charge in [-0.05, 0) is 73.6 Å². The number of rotatable bonds is 6. The summed E-state index contributed by atoms with van der Waals surface area (Å²) >= 11 is 0. The first-order valence-electron chi connectivity index (χ1n) is 16.6. The second kappa shape index (κ2) is 12.2. The van der Waals surface area contributed by atoms with Gasteiger partial charge in [-0.15, -0.1) is 0 Å². The molecule has 0 amide bonds. The van der Waals surface area contributed by atoms with E-state index in [1.165, 1.54) is 38.4 Å². The van der Waals surface area contributed by atoms with E-state index in [9.17, 15) is 0 Å². The van der Waals surface area contributed by atoms with Gasteiger partial charge in [0.15, 0.2) is 5.82 Å². The molecule has 9 rings (SSSR count). The van der Waals surface area contributed by atoms with Crippen molar-refractivity contribution < 1.29 is 0 Å². The van der Waals surface area contributed by atoms with E-state index >= 15 is 0 Å². The SMILES string of the molecule is c1ccc(-c2ccc(-c3cc(-c4ccc(-c5ccc(-c6ccc[nH]6)cc5)cc4)nc(-c4cc5ccccc5c5ccccc45)n3)cc2)cc1. The molecule has 1 N–H and O–H groups in total. The Morgan fingerprint density at radius 2 is 0.837 bits per heavy atom. The molecule has 2 heterocycles. The first kappa shape index (κ1) is 28.6. The molecule has 0 aliphatic carbocycles. The number of nitrogens with zero attached hydrogens (tertiary/aromatic N) is 2. The summed E-state index contributed by atoms with van der Waals surface area (Å²) < 4.78 is 0. The molecule has 9 aromatic rings. The smallest absolute Gasteiger partial charge is 0.161 e. The number of aromatic amines is 1. The van der Waals surface area contributed by atoms with Crippen molar-refractivity contribution in [1.82, 2.24) is 15.0 Å². The van der Waals surface area contributed by atoms with Crippen molar-refractivity contribution in [2.75, 3.05) is 0 Å². The van der Waals surface area contributed by atoms with Gasteiger partial charge in [-0.25, -0.2) is 9.97 Å². The average Bonchev–Trinajstić information content (AvgIpc) is 3.74. The third-order valence-electron chi connectivity index (χ3n) is 9.33. The quantitative estimate of drug-likeness (QED) is 0.187. The van der Waals surface area contributed by atoms with E-state index < -0.39 is 0 Å². The van der Waals surface area contributed by atoms with Crippen LogP contribution in [0.2, 0.25) is 0 Å². The van der Waals surface area contributed by atoms with Gasteiger partial charge in [-0.3, -0.25) is 0 Å². The molecule has 7 aromatic carbocycles. The highest BCUT2D eigenvalue weighted by Gasteiger charge is 2.15. The Hall–Kier alpha value is -6.58. The fraction of sp³-hybridized carbons (Fsp3) is 0. The Morgan fingerprint density at radius 3 is 1.43 bits per heavy atom. The normalized spacial score (nSPS) is 11.3. The highest BCUT2D eigenvalue weighted by molar-refractivity contribution is 6.13. The fourth-order valence-electron chi connectivity index (χ4n) is 6.75. The summed E-state index contributed by atoms with van der Waals surface area (Å²) in [5.41, 5.74) is 11.9. The number of benzene rings is 7. The van der Waals surface area contributed by atoms with E-state index in [0.717, 1.165) is 44.7 Å². The largest absolute Gasteiger partial charge is 0.361 e. The topological polar surface area (TPSA) is 41.6 Å². The molecule has 0 saturated carbocycles. The standard InChI is InChI=1S/C46H31N3/c1-2-9-31(10-3-1)32-18-24-36(25-19-32)44-30-45(37-26-20-34(21-27-37)33-16-22-35(23-17-33)43-15-8-28-47-43)49-46(48-44)42-29-38-11-4-5-12-39(38)40-13-6-7-14-41(40)42/h1-30,47H. The molecule has 0 fully saturated rings. The third kappa shape index (κ3) is 5.48. The van der Waals surface area contributed by atoms with Crippen molar-refractivity contribution in [3.63, 3.8) is 0 Å². The zero-order valence-corrected chi connectivity index (χ0v) is 26.7. The van der Waals surface area contributed by atoms with E-state index in [1.54, 1.807) is 0 Å². The summed E-state index contributed by atoms with van der Waals surface area (Å²) in [6.07, 6.45) is 1.95. The van der Waals surface area contributed by atoms with Gasteiger partial charge in [0.25, 0.3) is 0 Å². The lowest BCUT2D eigenvalue weighted by atomic mass is 9.96. The van der Waals surface area contributed by atoms with Gasteiger partial charge in [0.05, 0.1) is 11.4 Å². The maximum atomic E-state index is 5.25. The maximum absolute atomic E-state index is 5.25. The number of hydrogen-bond acceptors (Lipinski definition) is 2. The van der Waals surface area contributed by atoms with Gasteiger partial charge in [0.1, 0.15) is 0 Å². The van der Waals surface area contributed by atoms with Gasteiger partial charge in [-0.1, -0.05) is 152 Å². The molecular formula is C46H31N3. The van der Waals surface area contributed by atoms with Gasteiger partial charge in [0.2, 0.25) is 0 Å². The molecule has 0 atom stereocenters. The van der Waals surface area contributed by atoms with Crippen LogP contribution in [0, 0.1) is 0 Å².